The fourth-order valence-corrected chi connectivity index (χ4v) is 0.914. The van der Waals surface area contributed by atoms with Gasteiger partial charge < -0.3 is 10.0 Å². The van der Waals surface area contributed by atoms with E-state index in [1.165, 1.54) is 12.1 Å². The van der Waals surface area contributed by atoms with Crippen LogP contribution in [0.1, 0.15) is 19.4 Å². The van der Waals surface area contributed by atoms with Crippen LogP contribution in [0.15, 0.2) is 18.2 Å². The SMILES string of the molecule is CC.Cc1cc(F)cc(B(O)O)c1. The van der Waals surface area contributed by atoms with Gasteiger partial charge in [0.15, 0.2) is 0 Å². The molecule has 4 heteroatoms. The standard InChI is InChI=1S/C7H8BFO2.C2H6/c1-5-2-6(8(10)11)4-7(9)3-5;1-2/h2-4,10-11H,1H3;1-2H3. The van der Waals surface area contributed by atoms with Gasteiger partial charge in [-0.05, 0) is 30.1 Å². The highest BCUT2D eigenvalue weighted by molar-refractivity contribution is 6.58. The van der Waals surface area contributed by atoms with Crippen molar-refractivity contribution in [1.29, 1.82) is 0 Å². The summed E-state index contributed by atoms with van der Waals surface area (Å²) in [6.07, 6.45) is 0. The first-order chi connectivity index (χ1) is 6.09. The lowest BCUT2D eigenvalue weighted by atomic mass is 9.80. The average molecular weight is 184 g/mol. The molecule has 0 radical (unpaired) electrons. The zero-order chi connectivity index (χ0) is 10.4. The molecule has 0 aliphatic rings. The van der Waals surface area contributed by atoms with E-state index in [4.69, 9.17) is 10.0 Å². The summed E-state index contributed by atoms with van der Waals surface area (Å²) in [4.78, 5) is 0. The zero-order valence-corrected chi connectivity index (χ0v) is 8.08. The van der Waals surface area contributed by atoms with Crippen molar-refractivity contribution in [1.82, 2.24) is 0 Å². The molecule has 0 amide bonds. The second-order valence-corrected chi connectivity index (χ2v) is 2.44. The minimum atomic E-state index is -1.59. The first-order valence-corrected chi connectivity index (χ1v) is 4.23. The van der Waals surface area contributed by atoms with Crippen LogP contribution in [0.3, 0.4) is 0 Å². The third-order valence-electron chi connectivity index (χ3n) is 1.36. The Morgan fingerprint density at radius 2 is 1.69 bits per heavy atom. The van der Waals surface area contributed by atoms with Gasteiger partial charge in [-0.25, -0.2) is 4.39 Å². The van der Waals surface area contributed by atoms with Crippen LogP contribution >= 0.6 is 0 Å². The highest BCUT2D eigenvalue weighted by atomic mass is 19.1. The number of aryl methyl sites for hydroxylation is 1. The second-order valence-electron chi connectivity index (χ2n) is 2.44. The summed E-state index contributed by atoms with van der Waals surface area (Å²) in [6.45, 7) is 5.69. The van der Waals surface area contributed by atoms with Crippen LogP contribution in [-0.2, 0) is 0 Å². The van der Waals surface area contributed by atoms with Crippen molar-refractivity contribution in [3.8, 4) is 0 Å². The van der Waals surface area contributed by atoms with E-state index in [1.54, 1.807) is 6.92 Å². The summed E-state index contributed by atoms with van der Waals surface area (Å²) in [6, 6.07) is 3.94. The van der Waals surface area contributed by atoms with Gasteiger partial charge in [0, 0.05) is 0 Å². The van der Waals surface area contributed by atoms with Crippen molar-refractivity contribution >= 4 is 12.6 Å². The van der Waals surface area contributed by atoms with Crippen molar-refractivity contribution in [3.05, 3.63) is 29.6 Å². The molecular formula is C9H14BFO2. The lowest BCUT2D eigenvalue weighted by molar-refractivity contribution is 0.425. The molecule has 0 aliphatic heterocycles. The van der Waals surface area contributed by atoms with Gasteiger partial charge in [0.2, 0.25) is 0 Å². The van der Waals surface area contributed by atoms with Crippen molar-refractivity contribution in [2.45, 2.75) is 20.8 Å². The smallest absolute Gasteiger partial charge is 0.423 e. The predicted molar refractivity (Wildman–Crippen MR) is 52.3 cm³/mol. The van der Waals surface area contributed by atoms with Crippen molar-refractivity contribution in [3.63, 3.8) is 0 Å². The lowest BCUT2D eigenvalue weighted by Crippen LogP contribution is -2.30. The molecule has 2 nitrogen and oxygen atoms in total. The average Bonchev–Trinajstić information content (AvgIpc) is 2.06. The van der Waals surface area contributed by atoms with Crippen molar-refractivity contribution in [2.75, 3.05) is 0 Å². The van der Waals surface area contributed by atoms with Crippen LogP contribution in [0.2, 0.25) is 0 Å². The Morgan fingerprint density at radius 3 is 2.08 bits per heavy atom. The molecule has 0 bridgehead atoms. The predicted octanol–water partition coefficient (Wildman–Crippen LogP) is 0.840. The molecule has 1 aromatic carbocycles. The largest absolute Gasteiger partial charge is 0.488 e. The third kappa shape index (κ3) is 4.06. The van der Waals surface area contributed by atoms with E-state index in [0.717, 1.165) is 6.07 Å². The van der Waals surface area contributed by atoms with E-state index in [-0.39, 0.29) is 5.46 Å². The molecule has 2 N–H and O–H groups in total. The van der Waals surface area contributed by atoms with Crippen molar-refractivity contribution in [2.24, 2.45) is 0 Å². The summed E-state index contributed by atoms with van der Waals surface area (Å²) in [7, 11) is -1.59. The molecule has 72 valence electrons. The van der Waals surface area contributed by atoms with Gasteiger partial charge in [-0.1, -0.05) is 19.9 Å². The first kappa shape index (κ1) is 12.1. The monoisotopic (exact) mass is 184 g/mol. The summed E-state index contributed by atoms with van der Waals surface area (Å²) in [5.74, 6) is -0.451. The fourth-order valence-electron chi connectivity index (χ4n) is 0.914. The molecule has 0 fully saturated rings. The molecule has 0 unspecified atom stereocenters. The van der Waals surface area contributed by atoms with E-state index >= 15 is 0 Å². The second kappa shape index (κ2) is 5.72. The Kier molecular flexibility index (Phi) is 5.34. The van der Waals surface area contributed by atoms with E-state index in [0.29, 0.717) is 5.56 Å². The van der Waals surface area contributed by atoms with E-state index in [1.807, 2.05) is 13.8 Å². The van der Waals surface area contributed by atoms with Gasteiger partial charge >= 0.3 is 7.12 Å². The molecule has 0 heterocycles. The molecule has 1 aromatic rings. The molecule has 0 spiro atoms. The van der Waals surface area contributed by atoms with Gasteiger partial charge in [0.25, 0.3) is 0 Å². The fraction of sp³-hybridized carbons (Fsp3) is 0.333. The zero-order valence-electron chi connectivity index (χ0n) is 8.08. The van der Waals surface area contributed by atoms with Crippen LogP contribution in [0.4, 0.5) is 4.39 Å². The third-order valence-corrected chi connectivity index (χ3v) is 1.36. The topological polar surface area (TPSA) is 40.5 Å². The summed E-state index contributed by atoms with van der Waals surface area (Å²) < 4.78 is 12.6. The molecule has 0 saturated heterocycles. The number of rotatable bonds is 1. The summed E-state index contributed by atoms with van der Waals surface area (Å²) in [5, 5.41) is 17.3. The lowest BCUT2D eigenvalue weighted by Gasteiger charge is -2.00. The quantitative estimate of drug-likeness (QED) is 0.635. The number of benzene rings is 1. The first-order valence-electron chi connectivity index (χ1n) is 4.23. The van der Waals surface area contributed by atoms with Crippen LogP contribution < -0.4 is 5.46 Å². The highest BCUT2D eigenvalue weighted by Crippen LogP contribution is 1.99. The van der Waals surface area contributed by atoms with Gasteiger partial charge in [-0.15, -0.1) is 0 Å². The molecule has 13 heavy (non-hydrogen) atoms. The summed E-state index contributed by atoms with van der Waals surface area (Å²) in [5.41, 5.74) is 0.857. The van der Waals surface area contributed by atoms with Crippen LogP contribution in [0, 0.1) is 12.7 Å². The maximum atomic E-state index is 12.6. The molecule has 0 atom stereocenters. The normalized spacial score (nSPS) is 8.77. The summed E-state index contributed by atoms with van der Waals surface area (Å²) >= 11 is 0. The Hall–Kier alpha value is -0.865. The Morgan fingerprint density at radius 1 is 1.15 bits per heavy atom. The molecule has 1 rings (SSSR count). The van der Waals surface area contributed by atoms with Gasteiger partial charge in [-0.2, -0.15) is 0 Å². The number of hydrogen-bond donors (Lipinski definition) is 2. The number of halogens is 1. The minimum absolute atomic E-state index is 0.183. The van der Waals surface area contributed by atoms with Crippen LogP contribution in [0.5, 0.6) is 0 Å². The number of hydrogen-bond acceptors (Lipinski definition) is 2. The molecule has 0 aromatic heterocycles. The van der Waals surface area contributed by atoms with Crippen LogP contribution in [0.25, 0.3) is 0 Å². The van der Waals surface area contributed by atoms with Gasteiger partial charge in [0.05, 0.1) is 0 Å². The Balaban J connectivity index is 0.000000671. The van der Waals surface area contributed by atoms with Gasteiger partial charge in [-0.3, -0.25) is 0 Å². The minimum Gasteiger partial charge on any atom is -0.423 e. The Bertz CT molecular complexity index is 244. The van der Waals surface area contributed by atoms with E-state index < -0.39 is 12.9 Å². The van der Waals surface area contributed by atoms with E-state index in [9.17, 15) is 4.39 Å². The highest BCUT2D eigenvalue weighted by Gasteiger charge is 2.11. The molecule has 0 aliphatic carbocycles. The maximum Gasteiger partial charge on any atom is 0.488 e. The van der Waals surface area contributed by atoms with E-state index in [2.05, 4.69) is 0 Å². The Labute approximate surface area is 78.2 Å². The van der Waals surface area contributed by atoms with Crippen LogP contribution in [-0.4, -0.2) is 17.2 Å². The van der Waals surface area contributed by atoms with Gasteiger partial charge in [0.1, 0.15) is 5.82 Å². The van der Waals surface area contributed by atoms with Crippen molar-refractivity contribution < 1.29 is 14.4 Å². The molecule has 0 saturated carbocycles. The molecular weight excluding hydrogens is 170 g/mol. The maximum absolute atomic E-state index is 12.6.